The Balaban J connectivity index is 1.54. The predicted molar refractivity (Wildman–Crippen MR) is 127 cm³/mol. The molecule has 0 aliphatic heterocycles. The largest absolute Gasteiger partial charge is 0.393 e. The molecule has 4 nitrogen and oxygen atoms in total. The predicted octanol–water partition coefficient (Wildman–Crippen LogP) is 4.84. The molecule has 0 aromatic rings. The van der Waals surface area contributed by atoms with Crippen LogP contribution >= 0.6 is 0 Å². The highest BCUT2D eigenvalue weighted by atomic mass is 16.3. The van der Waals surface area contributed by atoms with Crippen LogP contribution in [-0.4, -0.2) is 39.4 Å². The van der Waals surface area contributed by atoms with Gasteiger partial charge in [0.2, 0.25) is 0 Å². The molecule has 12 atom stereocenters. The van der Waals surface area contributed by atoms with E-state index < -0.39 is 12.2 Å². The number of carbonyl (C=O) groups is 1. The average molecular weight is 449 g/mol. The van der Waals surface area contributed by atoms with Crippen molar-refractivity contribution in [3.8, 4) is 0 Å². The zero-order valence-electron chi connectivity index (χ0n) is 21.3. The number of carbonyl (C=O) groups excluding carboxylic acids is 1. The third-order valence-electron chi connectivity index (χ3n) is 11.6. The first-order valence-electron chi connectivity index (χ1n) is 13.5. The molecular formula is C28H48O4. The van der Waals surface area contributed by atoms with Crippen molar-refractivity contribution in [1.29, 1.82) is 0 Å². The molecular weight excluding hydrogens is 400 g/mol. The molecule has 0 aromatic carbocycles. The Kier molecular flexibility index (Phi) is 6.66. The Morgan fingerprint density at radius 1 is 0.875 bits per heavy atom. The molecule has 4 unspecified atom stereocenters. The van der Waals surface area contributed by atoms with Crippen molar-refractivity contribution in [2.24, 2.45) is 58.2 Å². The number of fused-ring (bicyclic) bond motifs is 5. The van der Waals surface area contributed by atoms with Crippen LogP contribution in [0.1, 0.15) is 92.9 Å². The van der Waals surface area contributed by atoms with Crippen molar-refractivity contribution < 1.29 is 20.1 Å². The standard InChI is InChI=1S/C28H48O4/c1-15(2)16(3)25(31)26(32)17(4)20-7-8-21-19-14-24(30)23-13-18(29)9-11-28(23,6)22(19)10-12-27(20,21)5/h15-23,25-26,29,31-32H,7-14H2,1-6H3/t16-,17-,18+,19?,20+,21?,22?,23?,25+,26+,27+,28+/m0/s1. The molecule has 32 heavy (non-hydrogen) atoms. The van der Waals surface area contributed by atoms with Crippen molar-refractivity contribution in [3.05, 3.63) is 0 Å². The molecule has 0 aromatic heterocycles. The van der Waals surface area contributed by atoms with E-state index in [-0.39, 0.29) is 34.7 Å². The van der Waals surface area contributed by atoms with E-state index in [9.17, 15) is 20.1 Å². The molecule has 4 aliphatic rings. The zero-order chi connectivity index (χ0) is 23.6. The fraction of sp³-hybridized carbons (Fsp3) is 0.964. The average Bonchev–Trinajstić information content (AvgIpc) is 3.10. The SMILES string of the molecule is CC(C)[C@H](C)[C@@H](O)[C@H](O)[C@@H](C)[C@H]1CCC2C3CC(=O)C4C[C@H](O)CC[C@]4(C)C3CC[C@@]21C. The molecule has 0 heterocycles. The minimum atomic E-state index is -0.694. The van der Waals surface area contributed by atoms with Gasteiger partial charge in [0.05, 0.1) is 18.3 Å². The highest BCUT2D eigenvalue weighted by Gasteiger charge is 2.63. The number of aliphatic hydroxyl groups excluding tert-OH is 3. The van der Waals surface area contributed by atoms with E-state index >= 15 is 0 Å². The van der Waals surface area contributed by atoms with E-state index in [4.69, 9.17) is 0 Å². The lowest BCUT2D eigenvalue weighted by Gasteiger charge is -2.60. The van der Waals surface area contributed by atoms with Gasteiger partial charge in [0.1, 0.15) is 5.78 Å². The van der Waals surface area contributed by atoms with Gasteiger partial charge in [-0.25, -0.2) is 0 Å². The molecule has 184 valence electrons. The van der Waals surface area contributed by atoms with Crippen LogP contribution < -0.4 is 0 Å². The van der Waals surface area contributed by atoms with Crippen LogP contribution in [0.5, 0.6) is 0 Å². The van der Waals surface area contributed by atoms with Gasteiger partial charge < -0.3 is 15.3 Å². The van der Waals surface area contributed by atoms with Crippen molar-refractivity contribution in [1.82, 2.24) is 0 Å². The van der Waals surface area contributed by atoms with Crippen LogP contribution in [0.25, 0.3) is 0 Å². The monoisotopic (exact) mass is 448 g/mol. The quantitative estimate of drug-likeness (QED) is 0.563. The summed E-state index contributed by atoms with van der Waals surface area (Å²) in [5.41, 5.74) is 0.187. The molecule has 0 amide bonds. The minimum Gasteiger partial charge on any atom is -0.393 e. The van der Waals surface area contributed by atoms with E-state index in [1.165, 1.54) is 0 Å². The maximum Gasteiger partial charge on any atom is 0.136 e. The first-order chi connectivity index (χ1) is 14.9. The second kappa shape index (κ2) is 8.64. The van der Waals surface area contributed by atoms with Gasteiger partial charge in [0.15, 0.2) is 0 Å². The van der Waals surface area contributed by atoms with Crippen LogP contribution in [0.4, 0.5) is 0 Å². The summed E-state index contributed by atoms with van der Waals surface area (Å²) in [4.78, 5) is 13.3. The normalized spacial score (nSPS) is 47.9. The number of Topliss-reactive ketones (excluding diaryl/α,β-unsaturated/α-hetero) is 1. The highest BCUT2D eigenvalue weighted by Crippen LogP contribution is 2.67. The van der Waals surface area contributed by atoms with E-state index in [0.717, 1.165) is 38.5 Å². The lowest BCUT2D eigenvalue weighted by Crippen LogP contribution is -2.57. The molecule has 4 saturated carbocycles. The van der Waals surface area contributed by atoms with Gasteiger partial charge in [-0.3, -0.25) is 4.79 Å². The van der Waals surface area contributed by atoms with Gasteiger partial charge in [-0.15, -0.1) is 0 Å². The summed E-state index contributed by atoms with van der Waals surface area (Å²) < 4.78 is 0. The summed E-state index contributed by atoms with van der Waals surface area (Å²) in [6.07, 6.45) is 6.05. The summed E-state index contributed by atoms with van der Waals surface area (Å²) in [5.74, 6) is 2.88. The molecule has 0 bridgehead atoms. The first-order valence-corrected chi connectivity index (χ1v) is 13.5. The van der Waals surface area contributed by atoms with E-state index in [1.807, 2.05) is 6.92 Å². The van der Waals surface area contributed by atoms with Gasteiger partial charge in [-0.05, 0) is 97.2 Å². The maximum absolute atomic E-state index is 13.3. The Hall–Kier alpha value is -0.450. The molecule has 0 spiro atoms. The number of aliphatic hydroxyl groups is 3. The van der Waals surface area contributed by atoms with Crippen molar-refractivity contribution >= 4 is 5.78 Å². The van der Waals surface area contributed by atoms with Crippen LogP contribution in [0.3, 0.4) is 0 Å². The van der Waals surface area contributed by atoms with Gasteiger partial charge >= 0.3 is 0 Å². The van der Waals surface area contributed by atoms with Gasteiger partial charge in [0.25, 0.3) is 0 Å². The second-order valence-corrected chi connectivity index (χ2v) is 13.2. The van der Waals surface area contributed by atoms with E-state index in [0.29, 0.717) is 48.2 Å². The lowest BCUT2D eigenvalue weighted by molar-refractivity contribution is -0.161. The lowest BCUT2D eigenvalue weighted by atomic mass is 9.44. The smallest absolute Gasteiger partial charge is 0.136 e. The van der Waals surface area contributed by atoms with Crippen LogP contribution in [0.15, 0.2) is 0 Å². The van der Waals surface area contributed by atoms with Crippen molar-refractivity contribution in [3.63, 3.8) is 0 Å². The molecule has 3 N–H and O–H groups in total. The van der Waals surface area contributed by atoms with Crippen molar-refractivity contribution in [2.75, 3.05) is 0 Å². The topological polar surface area (TPSA) is 77.8 Å². The summed E-state index contributed by atoms with van der Waals surface area (Å²) in [5, 5.41) is 32.2. The van der Waals surface area contributed by atoms with Crippen LogP contribution in [0, 0.1) is 58.2 Å². The minimum absolute atomic E-state index is 0.0440. The molecule has 4 heteroatoms. The second-order valence-electron chi connectivity index (χ2n) is 13.2. The number of rotatable bonds is 5. The Morgan fingerprint density at radius 2 is 1.50 bits per heavy atom. The third kappa shape index (κ3) is 3.71. The molecule has 0 saturated heterocycles. The van der Waals surface area contributed by atoms with Crippen LogP contribution in [-0.2, 0) is 4.79 Å². The number of hydrogen-bond acceptors (Lipinski definition) is 4. The first kappa shape index (κ1) is 24.7. The van der Waals surface area contributed by atoms with Crippen LogP contribution in [0.2, 0.25) is 0 Å². The third-order valence-corrected chi connectivity index (χ3v) is 11.6. The summed E-state index contributed by atoms with van der Waals surface area (Å²) >= 11 is 0. The Bertz CT molecular complexity index is 706. The van der Waals surface area contributed by atoms with Gasteiger partial charge in [-0.1, -0.05) is 41.5 Å². The maximum atomic E-state index is 13.3. The molecule has 4 fully saturated rings. The molecule has 0 radical (unpaired) electrons. The summed E-state index contributed by atoms with van der Waals surface area (Å²) in [7, 11) is 0. The van der Waals surface area contributed by atoms with Crippen molar-refractivity contribution in [2.45, 2.75) is 111 Å². The fourth-order valence-corrected chi connectivity index (χ4v) is 9.18. The molecule has 4 rings (SSSR count). The highest BCUT2D eigenvalue weighted by molar-refractivity contribution is 5.83. The Morgan fingerprint density at radius 3 is 2.16 bits per heavy atom. The summed E-state index contributed by atoms with van der Waals surface area (Å²) in [6.45, 7) is 13.2. The van der Waals surface area contributed by atoms with Gasteiger partial charge in [-0.2, -0.15) is 0 Å². The number of hydrogen-bond donors (Lipinski definition) is 3. The van der Waals surface area contributed by atoms with Gasteiger partial charge in [0, 0.05) is 12.3 Å². The Labute approximate surface area is 195 Å². The molecule has 4 aliphatic carbocycles. The fourth-order valence-electron chi connectivity index (χ4n) is 9.18. The van der Waals surface area contributed by atoms with E-state index in [2.05, 4.69) is 34.6 Å². The number of ketones is 1. The summed E-state index contributed by atoms with van der Waals surface area (Å²) in [6, 6.07) is 0. The van der Waals surface area contributed by atoms with E-state index in [1.54, 1.807) is 0 Å². The zero-order valence-corrected chi connectivity index (χ0v) is 21.3.